The second kappa shape index (κ2) is 7.47. The number of likely N-dealkylation sites (tertiary alicyclic amines) is 1. The third kappa shape index (κ3) is 3.64. The molecule has 5 heteroatoms. The highest BCUT2D eigenvalue weighted by Gasteiger charge is 2.46. The summed E-state index contributed by atoms with van der Waals surface area (Å²) in [4.78, 5) is 26.8. The molecule has 1 aliphatic heterocycles. The molecule has 172 valence electrons. The minimum Gasteiger partial charge on any atom is -0.443 e. The number of carbonyl (C=O) groups is 2. The average Bonchev–Trinajstić information content (AvgIpc) is 3.19. The summed E-state index contributed by atoms with van der Waals surface area (Å²) in [6, 6.07) is 15.2. The molecule has 0 spiro atoms. The highest BCUT2D eigenvalue weighted by atomic mass is 16.6. The van der Waals surface area contributed by atoms with E-state index in [4.69, 9.17) is 4.74 Å². The van der Waals surface area contributed by atoms with E-state index in [1.807, 2.05) is 44.9 Å². The van der Waals surface area contributed by atoms with E-state index < -0.39 is 5.60 Å². The summed E-state index contributed by atoms with van der Waals surface area (Å²) in [5, 5.41) is 1.01. The molecule has 0 bridgehead atoms. The van der Waals surface area contributed by atoms with Gasteiger partial charge < -0.3 is 9.64 Å². The number of aromatic nitrogens is 1. The quantitative estimate of drug-likeness (QED) is 0.468. The van der Waals surface area contributed by atoms with Crippen molar-refractivity contribution in [3.05, 3.63) is 59.8 Å². The number of nitrogens with zero attached hydrogens (tertiary/aromatic N) is 2. The van der Waals surface area contributed by atoms with Gasteiger partial charge in [0.1, 0.15) is 5.60 Å². The Balaban J connectivity index is 1.47. The maximum atomic E-state index is 12.6. The molecule has 2 heterocycles. The number of fused-ring (bicyclic) bond motifs is 4. The Kier molecular flexibility index (Phi) is 4.93. The van der Waals surface area contributed by atoms with Gasteiger partial charge in [-0.2, -0.15) is 0 Å². The van der Waals surface area contributed by atoms with Gasteiger partial charge in [0.25, 0.3) is 0 Å². The summed E-state index contributed by atoms with van der Waals surface area (Å²) >= 11 is 0. The molecule has 0 radical (unpaired) electrons. The Labute approximate surface area is 195 Å². The number of piperidine rings is 1. The maximum absolute atomic E-state index is 12.6. The Morgan fingerprint density at radius 3 is 2.55 bits per heavy atom. The van der Waals surface area contributed by atoms with Crippen LogP contribution in [0.15, 0.2) is 48.7 Å². The molecular formula is C28H32N2O3. The monoisotopic (exact) mass is 444 g/mol. The Hall–Kier alpha value is -3.08. The molecule has 1 fully saturated rings. The normalized spacial score (nSPS) is 22.8. The van der Waals surface area contributed by atoms with Gasteiger partial charge in [-0.3, -0.25) is 9.36 Å². The number of benzene rings is 2. The second-order valence-corrected chi connectivity index (χ2v) is 10.8. The van der Waals surface area contributed by atoms with Gasteiger partial charge in [0.05, 0.1) is 5.52 Å². The van der Waals surface area contributed by atoms with Crippen molar-refractivity contribution in [2.75, 3.05) is 7.05 Å². The number of aryl methyl sites for hydroxylation is 1. The number of carbonyl (C=O) groups excluding carboxylic acids is 2. The maximum Gasteiger partial charge on any atom is 0.418 e. The minimum atomic E-state index is -0.535. The van der Waals surface area contributed by atoms with Gasteiger partial charge in [-0.15, -0.1) is 0 Å². The minimum absolute atomic E-state index is 0.0172. The van der Waals surface area contributed by atoms with E-state index in [9.17, 15) is 9.59 Å². The van der Waals surface area contributed by atoms with Crippen LogP contribution < -0.4 is 0 Å². The van der Waals surface area contributed by atoms with Gasteiger partial charge in [0.15, 0.2) is 0 Å². The smallest absolute Gasteiger partial charge is 0.418 e. The summed E-state index contributed by atoms with van der Waals surface area (Å²) in [6.07, 6.45) is 4.94. The average molecular weight is 445 g/mol. The zero-order valence-corrected chi connectivity index (χ0v) is 20.1. The van der Waals surface area contributed by atoms with E-state index in [1.165, 1.54) is 16.7 Å². The van der Waals surface area contributed by atoms with Crippen LogP contribution in [-0.4, -0.2) is 40.2 Å². The molecule has 1 amide bonds. The van der Waals surface area contributed by atoms with Crippen molar-refractivity contribution in [2.24, 2.45) is 0 Å². The fourth-order valence-electron chi connectivity index (χ4n) is 5.76. The van der Waals surface area contributed by atoms with Gasteiger partial charge in [-0.05, 0) is 80.5 Å². The van der Waals surface area contributed by atoms with Crippen LogP contribution in [0.25, 0.3) is 22.0 Å². The zero-order valence-electron chi connectivity index (χ0n) is 20.1. The van der Waals surface area contributed by atoms with Crippen LogP contribution in [-0.2, 0) is 21.4 Å². The van der Waals surface area contributed by atoms with Crippen LogP contribution in [0.4, 0.5) is 4.79 Å². The highest BCUT2D eigenvalue weighted by molar-refractivity contribution is 5.92. The number of ether oxygens (including phenoxy) is 1. The van der Waals surface area contributed by atoms with Crippen molar-refractivity contribution in [1.82, 2.24) is 9.47 Å². The largest absolute Gasteiger partial charge is 0.443 e. The molecule has 2 aromatic carbocycles. The molecule has 5 nitrogen and oxygen atoms in total. The van der Waals surface area contributed by atoms with Crippen molar-refractivity contribution < 1.29 is 14.3 Å². The first-order chi connectivity index (χ1) is 15.6. The number of rotatable bonds is 1. The van der Waals surface area contributed by atoms with Crippen LogP contribution in [0.3, 0.4) is 0 Å². The standard InChI is InChI=1S/C28H32N2O3/c1-27(2,3)33-26(32)30-15-13-21-17-19(7-10-23(21)30)18-6-9-22-20(16-18)8-11-24-28(22,4)14-12-25(31)29(24)5/h6-7,9-10,13,15-17,24H,8,11-12,14H2,1-5H3/t24-,28-/m1/s1. The zero-order chi connectivity index (χ0) is 23.5. The Morgan fingerprint density at radius 2 is 1.79 bits per heavy atom. The predicted octanol–water partition coefficient (Wildman–Crippen LogP) is 5.92. The molecule has 5 rings (SSSR count). The summed E-state index contributed by atoms with van der Waals surface area (Å²) in [5.74, 6) is 0.268. The lowest BCUT2D eigenvalue weighted by atomic mass is 9.63. The summed E-state index contributed by atoms with van der Waals surface area (Å²) in [7, 11) is 1.96. The lowest BCUT2D eigenvalue weighted by molar-refractivity contribution is -0.138. The molecule has 1 aliphatic carbocycles. The molecule has 2 aliphatic rings. The van der Waals surface area contributed by atoms with Crippen molar-refractivity contribution in [3.63, 3.8) is 0 Å². The van der Waals surface area contributed by atoms with Gasteiger partial charge >= 0.3 is 6.09 Å². The molecule has 1 saturated heterocycles. The lowest BCUT2D eigenvalue weighted by Gasteiger charge is -2.50. The first-order valence-electron chi connectivity index (χ1n) is 11.8. The number of amides is 1. The molecule has 0 saturated carbocycles. The van der Waals surface area contributed by atoms with Crippen molar-refractivity contribution >= 4 is 22.9 Å². The van der Waals surface area contributed by atoms with Crippen molar-refractivity contribution in [1.29, 1.82) is 0 Å². The molecule has 3 aromatic rings. The van der Waals surface area contributed by atoms with Crippen LogP contribution in [0.1, 0.15) is 58.1 Å². The van der Waals surface area contributed by atoms with E-state index in [1.54, 1.807) is 10.8 Å². The molecular weight excluding hydrogens is 412 g/mol. The summed E-state index contributed by atoms with van der Waals surface area (Å²) in [6.45, 7) is 7.94. The topological polar surface area (TPSA) is 51.5 Å². The van der Waals surface area contributed by atoms with Gasteiger partial charge in [-0.1, -0.05) is 31.2 Å². The SMILES string of the molecule is CN1C(=O)CC[C@]2(C)c3ccc(-c4ccc5c(ccn5C(=O)OC(C)(C)C)c4)cc3CC[C@@H]12. The first kappa shape index (κ1) is 21.7. The Morgan fingerprint density at radius 1 is 1.06 bits per heavy atom. The molecule has 0 N–H and O–H groups in total. The fourth-order valence-corrected chi connectivity index (χ4v) is 5.76. The molecule has 33 heavy (non-hydrogen) atoms. The van der Waals surface area contributed by atoms with Crippen LogP contribution >= 0.6 is 0 Å². The third-order valence-electron chi connectivity index (χ3n) is 7.48. The van der Waals surface area contributed by atoms with Gasteiger partial charge in [-0.25, -0.2) is 4.79 Å². The summed E-state index contributed by atoms with van der Waals surface area (Å²) < 4.78 is 7.10. The number of hydrogen-bond acceptors (Lipinski definition) is 3. The Bertz CT molecular complexity index is 1270. The summed E-state index contributed by atoms with van der Waals surface area (Å²) in [5.41, 5.74) is 5.42. The fraction of sp³-hybridized carbons (Fsp3) is 0.429. The van der Waals surface area contributed by atoms with Crippen LogP contribution in [0.5, 0.6) is 0 Å². The lowest BCUT2D eigenvalue weighted by Crippen LogP contribution is -2.56. The molecule has 1 aromatic heterocycles. The molecule has 2 atom stereocenters. The first-order valence-corrected chi connectivity index (χ1v) is 11.8. The van der Waals surface area contributed by atoms with Crippen LogP contribution in [0, 0.1) is 0 Å². The van der Waals surface area contributed by atoms with E-state index in [2.05, 4.69) is 37.3 Å². The predicted molar refractivity (Wildman–Crippen MR) is 130 cm³/mol. The number of hydrogen-bond donors (Lipinski definition) is 0. The number of likely N-dealkylation sites (N-methyl/N-ethyl adjacent to an activating group) is 1. The van der Waals surface area contributed by atoms with Crippen molar-refractivity contribution in [2.45, 2.75) is 70.4 Å². The van der Waals surface area contributed by atoms with E-state index in [0.29, 0.717) is 6.42 Å². The van der Waals surface area contributed by atoms with E-state index >= 15 is 0 Å². The van der Waals surface area contributed by atoms with Gasteiger partial charge in [0.2, 0.25) is 5.91 Å². The third-order valence-corrected chi connectivity index (χ3v) is 7.48. The van der Waals surface area contributed by atoms with Gasteiger partial charge in [0, 0.05) is 36.5 Å². The van der Waals surface area contributed by atoms with E-state index in [-0.39, 0.29) is 23.5 Å². The van der Waals surface area contributed by atoms with E-state index in [0.717, 1.165) is 35.7 Å². The highest BCUT2D eigenvalue weighted by Crippen LogP contribution is 2.46. The van der Waals surface area contributed by atoms with Crippen LogP contribution in [0.2, 0.25) is 0 Å². The molecule has 0 unspecified atom stereocenters. The van der Waals surface area contributed by atoms with Crippen molar-refractivity contribution in [3.8, 4) is 11.1 Å². The second-order valence-electron chi connectivity index (χ2n) is 10.8.